The fraction of sp³-hybridized carbons (Fsp3) is 0.350. The first kappa shape index (κ1) is 17.8. The quantitative estimate of drug-likeness (QED) is 0.890. The molecule has 1 heterocycles. The van der Waals surface area contributed by atoms with Gasteiger partial charge in [0.2, 0.25) is 5.91 Å². The molecule has 0 radical (unpaired) electrons. The minimum atomic E-state index is 0.135. The summed E-state index contributed by atoms with van der Waals surface area (Å²) < 4.78 is 0. The van der Waals surface area contributed by atoms with E-state index in [2.05, 4.69) is 34.5 Å². The fourth-order valence-electron chi connectivity index (χ4n) is 2.99. The van der Waals surface area contributed by atoms with Crippen molar-refractivity contribution in [2.75, 3.05) is 38.0 Å². The minimum absolute atomic E-state index is 0.135. The van der Waals surface area contributed by atoms with Gasteiger partial charge in [0, 0.05) is 43.4 Å². The third kappa shape index (κ3) is 4.97. The van der Waals surface area contributed by atoms with Gasteiger partial charge in [-0.3, -0.25) is 9.69 Å². The molecule has 25 heavy (non-hydrogen) atoms. The molecule has 0 atom stereocenters. The van der Waals surface area contributed by atoms with Gasteiger partial charge >= 0.3 is 0 Å². The minimum Gasteiger partial charge on any atom is -0.376 e. The molecule has 0 saturated carbocycles. The highest BCUT2D eigenvalue weighted by Gasteiger charge is 2.20. The average molecular weight is 358 g/mol. The molecule has 132 valence electrons. The summed E-state index contributed by atoms with van der Waals surface area (Å²) in [6.45, 7) is 6.60. The molecule has 4 nitrogen and oxygen atoms in total. The van der Waals surface area contributed by atoms with Crippen LogP contribution < -0.4 is 5.32 Å². The van der Waals surface area contributed by atoms with Crippen LogP contribution in [0.15, 0.2) is 48.5 Å². The maximum Gasteiger partial charge on any atom is 0.241 e. The molecule has 1 N–H and O–H groups in total. The average Bonchev–Trinajstić information content (AvgIpc) is 2.64. The molecule has 1 amide bonds. The lowest BCUT2D eigenvalue weighted by atomic mass is 10.2. The van der Waals surface area contributed by atoms with Gasteiger partial charge < -0.3 is 10.2 Å². The van der Waals surface area contributed by atoms with Crippen molar-refractivity contribution in [2.45, 2.75) is 13.5 Å². The Morgan fingerprint density at radius 1 is 1.08 bits per heavy atom. The summed E-state index contributed by atoms with van der Waals surface area (Å²) >= 11 is 6.12. The van der Waals surface area contributed by atoms with E-state index in [4.69, 9.17) is 11.6 Å². The molecule has 0 aromatic heterocycles. The second-order valence-corrected chi connectivity index (χ2v) is 6.87. The molecule has 2 aromatic carbocycles. The number of rotatable bonds is 5. The number of carbonyl (C=O) groups is 1. The van der Waals surface area contributed by atoms with E-state index < -0.39 is 0 Å². The van der Waals surface area contributed by atoms with E-state index in [0.29, 0.717) is 11.6 Å². The SMILES string of the molecule is Cc1ccc(NCC(=O)N2CCN(Cc3ccccc3)CC2)cc1Cl. The highest BCUT2D eigenvalue weighted by Crippen LogP contribution is 2.19. The number of aryl methyl sites for hydroxylation is 1. The molecular formula is C20H24ClN3O. The van der Waals surface area contributed by atoms with Crippen LogP contribution in [0.1, 0.15) is 11.1 Å². The molecular weight excluding hydrogens is 334 g/mol. The summed E-state index contributed by atoms with van der Waals surface area (Å²) in [5, 5.41) is 3.89. The Labute approximate surface area is 154 Å². The monoisotopic (exact) mass is 357 g/mol. The smallest absolute Gasteiger partial charge is 0.241 e. The molecule has 0 unspecified atom stereocenters. The number of piperazine rings is 1. The van der Waals surface area contributed by atoms with Crippen molar-refractivity contribution >= 4 is 23.2 Å². The van der Waals surface area contributed by atoms with Crippen molar-refractivity contribution in [1.29, 1.82) is 0 Å². The topological polar surface area (TPSA) is 35.6 Å². The highest BCUT2D eigenvalue weighted by molar-refractivity contribution is 6.31. The zero-order valence-corrected chi connectivity index (χ0v) is 15.3. The Morgan fingerprint density at radius 3 is 2.48 bits per heavy atom. The molecule has 1 saturated heterocycles. The highest BCUT2D eigenvalue weighted by atomic mass is 35.5. The van der Waals surface area contributed by atoms with Crippen LogP contribution in [0.5, 0.6) is 0 Å². The van der Waals surface area contributed by atoms with Crippen LogP contribution >= 0.6 is 11.6 Å². The van der Waals surface area contributed by atoms with Gasteiger partial charge in [-0.2, -0.15) is 0 Å². The normalized spacial score (nSPS) is 15.2. The molecule has 5 heteroatoms. The molecule has 0 spiro atoms. The van der Waals surface area contributed by atoms with Gasteiger partial charge in [0.25, 0.3) is 0 Å². The standard InChI is InChI=1S/C20H24ClN3O/c1-16-7-8-18(13-19(16)21)22-14-20(25)24-11-9-23(10-12-24)15-17-5-3-2-4-6-17/h2-8,13,22H,9-12,14-15H2,1H3. The number of hydrogen-bond acceptors (Lipinski definition) is 3. The first-order valence-corrected chi connectivity index (χ1v) is 9.04. The molecule has 0 aliphatic carbocycles. The first-order chi connectivity index (χ1) is 12.1. The van der Waals surface area contributed by atoms with Gasteiger partial charge in [-0.1, -0.05) is 48.0 Å². The summed E-state index contributed by atoms with van der Waals surface area (Å²) in [6.07, 6.45) is 0. The van der Waals surface area contributed by atoms with E-state index in [1.165, 1.54) is 5.56 Å². The number of hydrogen-bond donors (Lipinski definition) is 1. The third-order valence-corrected chi connectivity index (χ3v) is 5.00. The number of benzene rings is 2. The van der Waals surface area contributed by atoms with Gasteiger partial charge in [0.05, 0.1) is 6.54 Å². The molecule has 2 aromatic rings. The largest absolute Gasteiger partial charge is 0.376 e. The second kappa shape index (κ2) is 8.37. The summed E-state index contributed by atoms with van der Waals surface area (Å²) in [7, 11) is 0. The Bertz CT molecular complexity index is 712. The molecule has 3 rings (SSSR count). The third-order valence-electron chi connectivity index (χ3n) is 4.59. The maximum absolute atomic E-state index is 12.4. The van der Waals surface area contributed by atoms with Crippen molar-refractivity contribution < 1.29 is 4.79 Å². The van der Waals surface area contributed by atoms with Crippen molar-refractivity contribution in [3.8, 4) is 0 Å². The predicted octanol–water partition coefficient (Wildman–Crippen LogP) is 3.40. The van der Waals surface area contributed by atoms with Crippen LogP contribution in [-0.4, -0.2) is 48.4 Å². The number of nitrogens with one attached hydrogen (secondary N) is 1. The van der Waals surface area contributed by atoms with Crippen LogP contribution in [0, 0.1) is 6.92 Å². The molecule has 1 aliphatic rings. The predicted molar refractivity (Wildman–Crippen MR) is 103 cm³/mol. The van der Waals surface area contributed by atoms with Crippen LogP contribution in [0.25, 0.3) is 0 Å². The van der Waals surface area contributed by atoms with Gasteiger partial charge in [0.15, 0.2) is 0 Å². The summed E-state index contributed by atoms with van der Waals surface area (Å²) in [5.41, 5.74) is 3.24. The van der Waals surface area contributed by atoms with Gasteiger partial charge in [-0.05, 0) is 30.2 Å². The zero-order valence-electron chi connectivity index (χ0n) is 14.5. The van der Waals surface area contributed by atoms with Crippen LogP contribution in [0.2, 0.25) is 5.02 Å². The Hall–Kier alpha value is -2.04. The second-order valence-electron chi connectivity index (χ2n) is 6.46. The lowest BCUT2D eigenvalue weighted by Crippen LogP contribution is -2.49. The van der Waals surface area contributed by atoms with E-state index in [0.717, 1.165) is 44.0 Å². The van der Waals surface area contributed by atoms with E-state index in [1.807, 2.05) is 36.1 Å². The van der Waals surface area contributed by atoms with Crippen LogP contribution in [0.3, 0.4) is 0 Å². The first-order valence-electron chi connectivity index (χ1n) is 8.66. The Morgan fingerprint density at radius 2 is 1.80 bits per heavy atom. The fourth-order valence-corrected chi connectivity index (χ4v) is 3.17. The summed E-state index contributed by atoms with van der Waals surface area (Å²) in [4.78, 5) is 16.7. The van der Waals surface area contributed by atoms with Gasteiger partial charge in [-0.25, -0.2) is 0 Å². The molecule has 0 bridgehead atoms. The van der Waals surface area contributed by atoms with Gasteiger partial charge in [-0.15, -0.1) is 0 Å². The van der Waals surface area contributed by atoms with E-state index in [9.17, 15) is 4.79 Å². The van der Waals surface area contributed by atoms with Crippen molar-refractivity contribution in [1.82, 2.24) is 9.80 Å². The number of halogens is 1. The number of carbonyl (C=O) groups excluding carboxylic acids is 1. The molecule has 1 fully saturated rings. The zero-order chi connectivity index (χ0) is 17.6. The van der Waals surface area contributed by atoms with Gasteiger partial charge in [0.1, 0.15) is 0 Å². The van der Waals surface area contributed by atoms with Crippen LogP contribution in [0.4, 0.5) is 5.69 Å². The summed E-state index contributed by atoms with van der Waals surface area (Å²) in [5.74, 6) is 0.135. The van der Waals surface area contributed by atoms with Crippen molar-refractivity contribution in [3.63, 3.8) is 0 Å². The lowest BCUT2D eigenvalue weighted by molar-refractivity contribution is -0.131. The van der Waals surface area contributed by atoms with E-state index in [-0.39, 0.29) is 5.91 Å². The maximum atomic E-state index is 12.4. The molecule has 1 aliphatic heterocycles. The Kier molecular flexibility index (Phi) is 5.95. The summed E-state index contributed by atoms with van der Waals surface area (Å²) in [6, 6.07) is 16.2. The number of nitrogens with zero attached hydrogens (tertiary/aromatic N) is 2. The van der Waals surface area contributed by atoms with Crippen molar-refractivity contribution in [2.24, 2.45) is 0 Å². The lowest BCUT2D eigenvalue weighted by Gasteiger charge is -2.34. The van der Waals surface area contributed by atoms with Crippen molar-refractivity contribution in [3.05, 3.63) is 64.7 Å². The van der Waals surface area contributed by atoms with E-state index >= 15 is 0 Å². The van der Waals surface area contributed by atoms with Crippen LogP contribution in [-0.2, 0) is 11.3 Å². The Balaban J connectivity index is 1.44. The number of anilines is 1. The number of amides is 1. The van der Waals surface area contributed by atoms with E-state index in [1.54, 1.807) is 0 Å².